The van der Waals surface area contributed by atoms with Crippen molar-refractivity contribution < 1.29 is 19.4 Å². The predicted octanol–water partition coefficient (Wildman–Crippen LogP) is 0.187. The summed E-state index contributed by atoms with van der Waals surface area (Å²) in [6.07, 6.45) is 5.90. The first-order chi connectivity index (χ1) is 8.54. The quantitative estimate of drug-likeness (QED) is 0.611. The fourth-order valence-electron chi connectivity index (χ4n) is 1.79. The lowest BCUT2D eigenvalue weighted by molar-refractivity contribution is -0.139. The molecule has 3 atom stereocenters. The molecule has 18 heavy (non-hydrogen) atoms. The number of hydrogen-bond donors (Lipinski definition) is 3. The molecule has 0 aromatic carbocycles. The molecule has 3 unspecified atom stereocenters. The van der Waals surface area contributed by atoms with Crippen molar-refractivity contribution in [2.24, 2.45) is 5.92 Å². The highest BCUT2D eigenvalue weighted by Crippen LogP contribution is 2.16. The molecule has 1 saturated heterocycles. The van der Waals surface area contributed by atoms with Crippen LogP contribution in [0.1, 0.15) is 19.8 Å². The van der Waals surface area contributed by atoms with Crippen molar-refractivity contribution in [3.8, 4) is 12.3 Å². The Bertz CT molecular complexity index is 344. The van der Waals surface area contributed by atoms with E-state index in [1.54, 1.807) is 0 Å². The van der Waals surface area contributed by atoms with Crippen LogP contribution in [0.15, 0.2) is 0 Å². The van der Waals surface area contributed by atoms with Gasteiger partial charge >= 0.3 is 12.0 Å². The van der Waals surface area contributed by atoms with E-state index in [0.29, 0.717) is 13.2 Å². The largest absolute Gasteiger partial charge is 0.480 e. The Morgan fingerprint density at radius 1 is 1.56 bits per heavy atom. The molecule has 1 rings (SSSR count). The zero-order valence-electron chi connectivity index (χ0n) is 10.3. The number of rotatable bonds is 5. The molecule has 0 aromatic heterocycles. The van der Waals surface area contributed by atoms with Crippen molar-refractivity contribution in [2.75, 3.05) is 13.2 Å². The number of ether oxygens (including phenoxy) is 1. The zero-order chi connectivity index (χ0) is 13.5. The third-order valence-electron chi connectivity index (χ3n) is 2.96. The van der Waals surface area contributed by atoms with Crippen LogP contribution in [0.4, 0.5) is 4.79 Å². The van der Waals surface area contributed by atoms with Gasteiger partial charge in [0, 0.05) is 25.0 Å². The number of carbonyl (C=O) groups is 2. The van der Waals surface area contributed by atoms with E-state index in [-0.39, 0.29) is 18.4 Å². The number of urea groups is 1. The van der Waals surface area contributed by atoms with Crippen molar-refractivity contribution in [3.63, 3.8) is 0 Å². The summed E-state index contributed by atoms with van der Waals surface area (Å²) in [5.74, 6) is 1.35. The third kappa shape index (κ3) is 4.26. The summed E-state index contributed by atoms with van der Waals surface area (Å²) in [6, 6.07) is -1.63. The van der Waals surface area contributed by atoms with Gasteiger partial charge in [-0.15, -0.1) is 12.3 Å². The average Bonchev–Trinajstić information content (AvgIpc) is 2.81. The number of aliphatic carboxylic acids is 1. The van der Waals surface area contributed by atoms with Crippen LogP contribution in [0, 0.1) is 18.3 Å². The summed E-state index contributed by atoms with van der Waals surface area (Å²) in [5, 5.41) is 13.9. The minimum atomic E-state index is -1.14. The van der Waals surface area contributed by atoms with Crippen molar-refractivity contribution in [1.29, 1.82) is 0 Å². The summed E-state index contributed by atoms with van der Waals surface area (Å²) in [6.45, 7) is 3.19. The van der Waals surface area contributed by atoms with E-state index in [1.165, 1.54) is 0 Å². The number of hydrogen-bond acceptors (Lipinski definition) is 3. The maximum absolute atomic E-state index is 11.6. The maximum atomic E-state index is 11.6. The van der Waals surface area contributed by atoms with Crippen molar-refractivity contribution in [3.05, 3.63) is 0 Å². The van der Waals surface area contributed by atoms with E-state index >= 15 is 0 Å². The number of nitrogens with one attached hydrogen (secondary N) is 2. The van der Waals surface area contributed by atoms with E-state index in [0.717, 1.165) is 6.42 Å². The van der Waals surface area contributed by atoms with Gasteiger partial charge in [0.15, 0.2) is 0 Å². The first-order valence-electron chi connectivity index (χ1n) is 5.85. The molecule has 0 aliphatic carbocycles. The van der Waals surface area contributed by atoms with Crippen LogP contribution >= 0.6 is 0 Å². The van der Waals surface area contributed by atoms with Gasteiger partial charge < -0.3 is 20.5 Å². The van der Waals surface area contributed by atoms with Crippen LogP contribution in [0.5, 0.6) is 0 Å². The summed E-state index contributed by atoms with van der Waals surface area (Å²) in [5.41, 5.74) is 0. The van der Waals surface area contributed by atoms with Crippen molar-refractivity contribution in [2.45, 2.75) is 31.8 Å². The highest BCUT2D eigenvalue weighted by molar-refractivity contribution is 5.82. The maximum Gasteiger partial charge on any atom is 0.327 e. The number of carbonyl (C=O) groups excluding carboxylic acids is 1. The second kappa shape index (κ2) is 6.87. The van der Waals surface area contributed by atoms with Gasteiger partial charge in [-0.25, -0.2) is 9.59 Å². The Hall–Kier alpha value is -1.74. The molecular weight excluding hydrogens is 236 g/mol. The van der Waals surface area contributed by atoms with Crippen molar-refractivity contribution >= 4 is 12.0 Å². The van der Waals surface area contributed by atoms with Gasteiger partial charge in [0.2, 0.25) is 0 Å². The predicted molar refractivity (Wildman–Crippen MR) is 64.9 cm³/mol. The third-order valence-corrected chi connectivity index (χ3v) is 2.96. The lowest BCUT2D eigenvalue weighted by Gasteiger charge is -2.21. The van der Waals surface area contributed by atoms with Crippen LogP contribution in [0.25, 0.3) is 0 Å². The monoisotopic (exact) mass is 254 g/mol. The Morgan fingerprint density at radius 3 is 2.78 bits per heavy atom. The Labute approximate surface area is 106 Å². The van der Waals surface area contributed by atoms with Crippen LogP contribution in [-0.4, -0.2) is 42.4 Å². The average molecular weight is 254 g/mol. The molecule has 6 nitrogen and oxygen atoms in total. The number of amides is 2. The van der Waals surface area contributed by atoms with Gasteiger partial charge in [0.05, 0.1) is 6.61 Å². The van der Waals surface area contributed by atoms with Gasteiger partial charge in [-0.2, -0.15) is 0 Å². The lowest BCUT2D eigenvalue weighted by atomic mass is 10.0. The second-order valence-corrected chi connectivity index (χ2v) is 4.33. The molecule has 0 aromatic rings. The first kappa shape index (κ1) is 14.3. The topological polar surface area (TPSA) is 87.7 Å². The van der Waals surface area contributed by atoms with Crippen molar-refractivity contribution in [1.82, 2.24) is 10.6 Å². The molecule has 0 saturated carbocycles. The summed E-state index contributed by atoms with van der Waals surface area (Å²) in [4.78, 5) is 22.4. The summed E-state index contributed by atoms with van der Waals surface area (Å²) >= 11 is 0. The van der Waals surface area contributed by atoms with E-state index in [1.807, 2.05) is 6.92 Å². The molecule has 1 heterocycles. The molecule has 1 aliphatic heterocycles. The first-order valence-corrected chi connectivity index (χ1v) is 5.85. The SMILES string of the molecule is C#CCC(NC(=O)NC(C)C1CCOC1)C(=O)O. The highest BCUT2D eigenvalue weighted by atomic mass is 16.5. The van der Waals surface area contributed by atoms with Crippen LogP contribution in [0.2, 0.25) is 0 Å². The second-order valence-electron chi connectivity index (χ2n) is 4.33. The fourth-order valence-corrected chi connectivity index (χ4v) is 1.79. The number of terminal acetylenes is 1. The van der Waals surface area contributed by atoms with Gasteiger partial charge in [0.25, 0.3) is 0 Å². The molecule has 1 aliphatic rings. The van der Waals surface area contributed by atoms with Crippen LogP contribution in [0.3, 0.4) is 0 Å². The molecule has 3 N–H and O–H groups in total. The highest BCUT2D eigenvalue weighted by Gasteiger charge is 2.25. The van der Waals surface area contributed by atoms with Crippen LogP contribution in [-0.2, 0) is 9.53 Å². The fraction of sp³-hybridized carbons (Fsp3) is 0.667. The Balaban J connectivity index is 2.39. The smallest absolute Gasteiger partial charge is 0.327 e. The van der Waals surface area contributed by atoms with Gasteiger partial charge in [-0.3, -0.25) is 0 Å². The summed E-state index contributed by atoms with van der Waals surface area (Å²) < 4.78 is 5.23. The zero-order valence-corrected chi connectivity index (χ0v) is 10.3. The van der Waals surface area contributed by atoms with E-state index < -0.39 is 18.0 Å². The number of carboxylic acid groups (broad SMARTS) is 1. The van der Waals surface area contributed by atoms with Crippen LogP contribution < -0.4 is 10.6 Å². The molecule has 6 heteroatoms. The molecule has 100 valence electrons. The minimum absolute atomic E-state index is 0.0380. The number of carboxylic acids is 1. The normalized spacial score (nSPS) is 21.7. The van der Waals surface area contributed by atoms with Gasteiger partial charge in [-0.05, 0) is 13.3 Å². The standard InChI is InChI=1S/C12H18N2O4/c1-3-4-10(11(15)16)14-12(17)13-8(2)9-5-6-18-7-9/h1,8-10H,4-7H2,2H3,(H,15,16)(H2,13,14,17). The van der Waals surface area contributed by atoms with E-state index in [2.05, 4.69) is 16.6 Å². The lowest BCUT2D eigenvalue weighted by Crippen LogP contribution is -2.50. The van der Waals surface area contributed by atoms with E-state index in [4.69, 9.17) is 16.3 Å². The minimum Gasteiger partial charge on any atom is -0.480 e. The molecule has 0 bridgehead atoms. The Kier molecular flexibility index (Phi) is 5.46. The molecule has 0 radical (unpaired) electrons. The Morgan fingerprint density at radius 2 is 2.28 bits per heavy atom. The molecular formula is C12H18N2O4. The molecule has 1 fully saturated rings. The van der Waals surface area contributed by atoms with E-state index in [9.17, 15) is 9.59 Å². The molecule has 0 spiro atoms. The van der Waals surface area contributed by atoms with Gasteiger partial charge in [0.1, 0.15) is 6.04 Å². The molecule has 2 amide bonds. The summed E-state index contributed by atoms with van der Waals surface area (Å²) in [7, 11) is 0. The van der Waals surface area contributed by atoms with Gasteiger partial charge in [-0.1, -0.05) is 0 Å².